The molecule has 0 atom stereocenters. The number of pyridine rings is 1. The van der Waals surface area contributed by atoms with E-state index < -0.39 is 23.5 Å². The second kappa shape index (κ2) is 4.21. The second-order valence-electron chi connectivity index (χ2n) is 3.38. The number of alkyl halides is 3. The fourth-order valence-electron chi connectivity index (χ4n) is 1.30. The molecule has 0 amide bonds. The van der Waals surface area contributed by atoms with Gasteiger partial charge in [-0.2, -0.15) is 13.2 Å². The molecule has 0 saturated carbocycles. The number of halogens is 4. The van der Waals surface area contributed by atoms with Crippen molar-refractivity contribution in [2.24, 2.45) is 0 Å². The van der Waals surface area contributed by atoms with Gasteiger partial charge in [-0.1, -0.05) is 0 Å². The first-order chi connectivity index (χ1) is 8.38. The summed E-state index contributed by atoms with van der Waals surface area (Å²) in [5, 5.41) is 0. The molecule has 18 heavy (non-hydrogen) atoms. The van der Waals surface area contributed by atoms with Crippen molar-refractivity contribution in [2.45, 2.75) is 6.18 Å². The number of nitrogens with two attached hydrogens (primary N) is 1. The average Bonchev–Trinajstić information content (AvgIpc) is 2.28. The van der Waals surface area contributed by atoms with E-state index >= 15 is 0 Å². The number of hydrogen-bond donors (Lipinski definition) is 1. The number of nitrogen functional groups attached to an aromatic ring is 1. The SMILES string of the molecule is Nc1ncc(-c2cncc(F)c2)nc1C(F)(F)F. The van der Waals surface area contributed by atoms with Crippen molar-refractivity contribution in [3.05, 3.63) is 36.2 Å². The van der Waals surface area contributed by atoms with Crippen molar-refractivity contribution in [1.29, 1.82) is 0 Å². The van der Waals surface area contributed by atoms with Gasteiger partial charge in [-0.05, 0) is 6.07 Å². The van der Waals surface area contributed by atoms with Crippen molar-refractivity contribution in [3.63, 3.8) is 0 Å². The van der Waals surface area contributed by atoms with Crippen LogP contribution in [-0.2, 0) is 6.18 Å². The molecule has 0 aromatic carbocycles. The highest BCUT2D eigenvalue weighted by molar-refractivity contribution is 5.58. The summed E-state index contributed by atoms with van der Waals surface area (Å²) in [6, 6.07) is 1.01. The Balaban J connectivity index is 2.54. The predicted octanol–water partition coefficient (Wildman–Crippen LogP) is 2.28. The molecule has 0 aliphatic heterocycles. The van der Waals surface area contributed by atoms with E-state index in [1.807, 2.05) is 0 Å². The minimum atomic E-state index is -4.71. The predicted molar refractivity (Wildman–Crippen MR) is 54.6 cm³/mol. The molecule has 4 nitrogen and oxygen atoms in total. The van der Waals surface area contributed by atoms with Crippen LogP contribution in [0.4, 0.5) is 23.4 Å². The van der Waals surface area contributed by atoms with E-state index in [-0.39, 0.29) is 11.3 Å². The molecule has 94 valence electrons. The Morgan fingerprint density at radius 3 is 2.44 bits per heavy atom. The lowest BCUT2D eigenvalue weighted by Gasteiger charge is -2.09. The van der Waals surface area contributed by atoms with E-state index in [1.54, 1.807) is 0 Å². The molecule has 0 fully saturated rings. The van der Waals surface area contributed by atoms with Crippen LogP contribution in [0.2, 0.25) is 0 Å². The molecular formula is C10H6F4N4. The van der Waals surface area contributed by atoms with E-state index in [0.29, 0.717) is 0 Å². The molecule has 2 rings (SSSR count). The molecule has 2 heterocycles. The topological polar surface area (TPSA) is 64.7 Å². The van der Waals surface area contributed by atoms with Gasteiger partial charge in [0.05, 0.1) is 18.1 Å². The Hall–Kier alpha value is -2.25. The quantitative estimate of drug-likeness (QED) is 0.797. The highest BCUT2D eigenvalue weighted by Crippen LogP contribution is 2.32. The maximum atomic E-state index is 12.9. The van der Waals surface area contributed by atoms with Gasteiger partial charge in [0.1, 0.15) is 5.82 Å². The Bertz CT molecular complexity index is 582. The Kier molecular flexibility index (Phi) is 2.85. The first-order valence-electron chi connectivity index (χ1n) is 4.68. The lowest BCUT2D eigenvalue weighted by molar-refractivity contribution is -0.140. The van der Waals surface area contributed by atoms with Gasteiger partial charge in [-0.15, -0.1) is 0 Å². The van der Waals surface area contributed by atoms with Gasteiger partial charge in [0.15, 0.2) is 11.5 Å². The summed E-state index contributed by atoms with van der Waals surface area (Å²) >= 11 is 0. The zero-order chi connectivity index (χ0) is 13.3. The van der Waals surface area contributed by atoms with Crippen LogP contribution in [0.3, 0.4) is 0 Å². The van der Waals surface area contributed by atoms with E-state index in [1.165, 1.54) is 6.20 Å². The van der Waals surface area contributed by atoms with Gasteiger partial charge in [0, 0.05) is 11.8 Å². The summed E-state index contributed by atoms with van der Waals surface area (Å²) < 4.78 is 50.6. The number of nitrogens with zero attached hydrogens (tertiary/aromatic N) is 3. The van der Waals surface area contributed by atoms with E-state index in [2.05, 4.69) is 15.0 Å². The minimum Gasteiger partial charge on any atom is -0.382 e. The van der Waals surface area contributed by atoms with Crippen molar-refractivity contribution < 1.29 is 17.6 Å². The smallest absolute Gasteiger partial charge is 0.382 e. The van der Waals surface area contributed by atoms with E-state index in [9.17, 15) is 17.6 Å². The number of aromatic nitrogens is 3. The third-order valence-electron chi connectivity index (χ3n) is 2.07. The zero-order valence-corrected chi connectivity index (χ0v) is 8.74. The van der Waals surface area contributed by atoms with Crippen LogP contribution in [0.5, 0.6) is 0 Å². The molecule has 2 aromatic heterocycles. The largest absolute Gasteiger partial charge is 0.437 e. The van der Waals surface area contributed by atoms with Crippen molar-refractivity contribution >= 4 is 5.82 Å². The van der Waals surface area contributed by atoms with Gasteiger partial charge in [-0.3, -0.25) is 4.98 Å². The first kappa shape index (κ1) is 12.2. The van der Waals surface area contributed by atoms with Gasteiger partial charge in [0.2, 0.25) is 0 Å². The van der Waals surface area contributed by atoms with Gasteiger partial charge in [0.25, 0.3) is 0 Å². The van der Waals surface area contributed by atoms with E-state index in [4.69, 9.17) is 5.73 Å². The molecule has 0 aliphatic rings. The second-order valence-corrected chi connectivity index (χ2v) is 3.38. The summed E-state index contributed by atoms with van der Waals surface area (Å²) in [5.41, 5.74) is 3.74. The highest BCUT2D eigenvalue weighted by Gasteiger charge is 2.36. The fourth-order valence-corrected chi connectivity index (χ4v) is 1.30. The summed E-state index contributed by atoms with van der Waals surface area (Å²) in [5.74, 6) is -1.41. The molecular weight excluding hydrogens is 252 g/mol. The van der Waals surface area contributed by atoms with Gasteiger partial charge >= 0.3 is 6.18 Å². The molecule has 0 bridgehead atoms. The first-order valence-corrected chi connectivity index (χ1v) is 4.68. The summed E-state index contributed by atoms with van der Waals surface area (Å²) in [6.07, 6.45) is -1.57. The Morgan fingerprint density at radius 1 is 1.11 bits per heavy atom. The minimum absolute atomic E-state index is 0.0907. The van der Waals surface area contributed by atoms with E-state index in [0.717, 1.165) is 18.5 Å². The Morgan fingerprint density at radius 2 is 1.83 bits per heavy atom. The van der Waals surface area contributed by atoms with Crippen LogP contribution in [0.15, 0.2) is 24.7 Å². The average molecular weight is 258 g/mol. The number of hydrogen-bond acceptors (Lipinski definition) is 4. The van der Waals surface area contributed by atoms with Crippen LogP contribution >= 0.6 is 0 Å². The summed E-state index contributed by atoms with van der Waals surface area (Å²) in [6.45, 7) is 0. The lowest BCUT2D eigenvalue weighted by Crippen LogP contribution is -2.13. The van der Waals surface area contributed by atoms with Crippen LogP contribution in [0, 0.1) is 5.82 Å². The number of anilines is 1. The molecule has 8 heteroatoms. The van der Waals surface area contributed by atoms with Crippen LogP contribution in [0.1, 0.15) is 5.69 Å². The molecule has 2 N–H and O–H groups in total. The molecule has 2 aromatic rings. The maximum absolute atomic E-state index is 12.9. The number of rotatable bonds is 1. The zero-order valence-electron chi connectivity index (χ0n) is 8.74. The molecule has 0 unspecified atom stereocenters. The lowest BCUT2D eigenvalue weighted by atomic mass is 10.2. The standard InChI is InChI=1S/C10H6F4N4/c11-6-1-5(2-16-3-6)7-4-17-9(15)8(18-7)10(12,13)14/h1-4H,(H2,15,17). The van der Waals surface area contributed by atoms with Crippen molar-refractivity contribution in [1.82, 2.24) is 15.0 Å². The normalized spacial score (nSPS) is 11.6. The third-order valence-corrected chi connectivity index (χ3v) is 2.07. The van der Waals surface area contributed by atoms with Gasteiger partial charge < -0.3 is 5.73 Å². The maximum Gasteiger partial charge on any atom is 0.437 e. The third kappa shape index (κ3) is 2.36. The monoisotopic (exact) mass is 258 g/mol. The summed E-state index contributed by atoms with van der Waals surface area (Å²) in [7, 11) is 0. The van der Waals surface area contributed by atoms with Crippen LogP contribution in [-0.4, -0.2) is 15.0 Å². The molecule has 0 saturated heterocycles. The fraction of sp³-hybridized carbons (Fsp3) is 0.100. The highest BCUT2D eigenvalue weighted by atomic mass is 19.4. The Labute approximate surface area is 98.5 Å². The molecule has 0 radical (unpaired) electrons. The molecule has 0 spiro atoms. The van der Waals surface area contributed by atoms with Crippen molar-refractivity contribution in [3.8, 4) is 11.3 Å². The van der Waals surface area contributed by atoms with Crippen LogP contribution in [0.25, 0.3) is 11.3 Å². The van der Waals surface area contributed by atoms with Crippen molar-refractivity contribution in [2.75, 3.05) is 5.73 Å². The summed E-state index contributed by atoms with van der Waals surface area (Å²) in [4.78, 5) is 10.3. The van der Waals surface area contributed by atoms with Gasteiger partial charge in [-0.25, -0.2) is 14.4 Å². The van der Waals surface area contributed by atoms with Crippen LogP contribution < -0.4 is 5.73 Å². The molecule has 0 aliphatic carbocycles.